The number of aromatic nitrogens is 1. The molecule has 0 fully saturated rings. The maximum atomic E-state index is 12.5. The first-order valence-electron chi connectivity index (χ1n) is 7.79. The molecule has 0 saturated carbocycles. The molecule has 1 aromatic carbocycles. The molecule has 122 valence electrons. The molecule has 0 aliphatic heterocycles. The predicted octanol–water partition coefficient (Wildman–Crippen LogP) is 4.83. The van der Waals surface area contributed by atoms with Gasteiger partial charge >= 0.3 is 6.18 Å². The molecule has 3 rings (SSSR count). The van der Waals surface area contributed by atoms with Crippen molar-refractivity contribution in [3.63, 3.8) is 0 Å². The molecule has 2 nitrogen and oxygen atoms in total. The lowest BCUT2D eigenvalue weighted by Crippen LogP contribution is -2.26. The van der Waals surface area contributed by atoms with E-state index in [1.54, 1.807) is 0 Å². The van der Waals surface area contributed by atoms with Crippen LogP contribution < -0.4 is 5.32 Å². The zero-order valence-electron chi connectivity index (χ0n) is 12.9. The summed E-state index contributed by atoms with van der Waals surface area (Å²) in [6.07, 6.45) is -1.31. The van der Waals surface area contributed by atoms with E-state index in [2.05, 4.69) is 35.4 Å². The van der Waals surface area contributed by atoms with Gasteiger partial charge in [-0.05, 0) is 42.0 Å². The first-order chi connectivity index (χ1) is 10.9. The van der Waals surface area contributed by atoms with Crippen LogP contribution in [0.2, 0.25) is 0 Å². The van der Waals surface area contributed by atoms with Crippen molar-refractivity contribution in [2.24, 2.45) is 0 Å². The largest absolute Gasteiger partial charge is 0.417 e. The number of fused-ring (bicyclic) bond motifs is 1. The molecule has 0 radical (unpaired) electrons. The third kappa shape index (κ3) is 3.55. The molecule has 23 heavy (non-hydrogen) atoms. The van der Waals surface area contributed by atoms with Gasteiger partial charge in [-0.15, -0.1) is 0 Å². The minimum atomic E-state index is -4.34. The number of rotatable bonds is 3. The van der Waals surface area contributed by atoms with E-state index in [4.69, 9.17) is 0 Å². The minimum Gasteiger partial charge on any atom is -0.304 e. The Bertz CT molecular complexity index is 665. The summed E-state index contributed by atoms with van der Waals surface area (Å²) in [6, 6.07) is 11.1. The second-order valence-electron chi connectivity index (χ2n) is 6.08. The van der Waals surface area contributed by atoms with Crippen molar-refractivity contribution in [2.75, 3.05) is 0 Å². The number of pyridine rings is 1. The Morgan fingerprint density at radius 3 is 2.48 bits per heavy atom. The van der Waals surface area contributed by atoms with Crippen LogP contribution in [0.15, 0.2) is 42.6 Å². The first kappa shape index (κ1) is 16.0. The van der Waals surface area contributed by atoms with Gasteiger partial charge in [-0.25, -0.2) is 0 Å². The molecule has 5 heteroatoms. The molecular weight excluding hydrogens is 301 g/mol. The Morgan fingerprint density at radius 2 is 1.83 bits per heavy atom. The van der Waals surface area contributed by atoms with Crippen molar-refractivity contribution in [3.05, 3.63) is 65.0 Å². The summed E-state index contributed by atoms with van der Waals surface area (Å²) in [5.41, 5.74) is 2.56. The summed E-state index contributed by atoms with van der Waals surface area (Å²) in [6.45, 7) is 2.69. The Morgan fingerprint density at radius 1 is 1.09 bits per heavy atom. The average molecular weight is 320 g/mol. The van der Waals surface area contributed by atoms with Gasteiger partial charge in [0.2, 0.25) is 0 Å². The standard InChI is InChI=1S/C18H19F3N2/c1-12-6-9-17(16-5-3-2-4-15(12)16)23-11-14-8-7-13(10-22-14)18(19,20)21/h2-5,7-8,10,12,17,23H,6,9,11H2,1H3. The van der Waals surface area contributed by atoms with Crippen LogP contribution in [-0.4, -0.2) is 4.98 Å². The maximum Gasteiger partial charge on any atom is 0.417 e. The quantitative estimate of drug-likeness (QED) is 0.876. The number of alkyl halides is 3. The fraction of sp³-hybridized carbons (Fsp3) is 0.389. The molecule has 0 saturated heterocycles. The number of benzene rings is 1. The van der Waals surface area contributed by atoms with Gasteiger partial charge in [0, 0.05) is 18.8 Å². The Hall–Kier alpha value is -1.88. The summed E-state index contributed by atoms with van der Waals surface area (Å²) in [5.74, 6) is 0.549. The van der Waals surface area contributed by atoms with Crippen LogP contribution in [0.5, 0.6) is 0 Å². The third-order valence-corrected chi connectivity index (χ3v) is 4.47. The van der Waals surface area contributed by atoms with E-state index in [1.807, 2.05) is 6.07 Å². The molecule has 0 amide bonds. The fourth-order valence-electron chi connectivity index (χ4n) is 3.14. The topological polar surface area (TPSA) is 24.9 Å². The SMILES string of the molecule is CC1CCC(NCc2ccc(C(F)(F)F)cn2)c2ccccc21. The van der Waals surface area contributed by atoms with E-state index in [-0.39, 0.29) is 6.04 Å². The number of nitrogens with one attached hydrogen (secondary N) is 1. The highest BCUT2D eigenvalue weighted by molar-refractivity contribution is 5.35. The van der Waals surface area contributed by atoms with Gasteiger partial charge in [0.05, 0.1) is 11.3 Å². The fourth-order valence-corrected chi connectivity index (χ4v) is 3.14. The Kier molecular flexibility index (Phi) is 4.39. The Labute approximate surface area is 133 Å². The molecule has 2 atom stereocenters. The zero-order chi connectivity index (χ0) is 16.4. The van der Waals surface area contributed by atoms with Crippen molar-refractivity contribution in [2.45, 2.75) is 44.4 Å². The molecule has 0 bridgehead atoms. The van der Waals surface area contributed by atoms with Crippen LogP contribution in [0, 0.1) is 0 Å². The van der Waals surface area contributed by atoms with E-state index in [1.165, 1.54) is 17.2 Å². The summed E-state index contributed by atoms with van der Waals surface area (Å²) in [4.78, 5) is 3.92. The number of nitrogens with zero attached hydrogens (tertiary/aromatic N) is 1. The summed E-state index contributed by atoms with van der Waals surface area (Å²) >= 11 is 0. The number of hydrogen-bond acceptors (Lipinski definition) is 2. The maximum absolute atomic E-state index is 12.5. The monoisotopic (exact) mass is 320 g/mol. The molecule has 1 aromatic heterocycles. The van der Waals surface area contributed by atoms with Crippen LogP contribution in [0.25, 0.3) is 0 Å². The molecule has 1 heterocycles. The smallest absolute Gasteiger partial charge is 0.304 e. The molecule has 2 unspecified atom stereocenters. The lowest BCUT2D eigenvalue weighted by atomic mass is 9.81. The zero-order valence-corrected chi connectivity index (χ0v) is 12.9. The molecule has 2 aromatic rings. The van der Waals surface area contributed by atoms with Gasteiger partial charge in [0.15, 0.2) is 0 Å². The lowest BCUT2D eigenvalue weighted by molar-refractivity contribution is -0.137. The second kappa shape index (κ2) is 6.32. The second-order valence-corrected chi connectivity index (χ2v) is 6.08. The van der Waals surface area contributed by atoms with Crippen molar-refractivity contribution in [1.82, 2.24) is 10.3 Å². The van der Waals surface area contributed by atoms with Gasteiger partial charge < -0.3 is 5.32 Å². The highest BCUT2D eigenvalue weighted by Crippen LogP contribution is 2.37. The van der Waals surface area contributed by atoms with Crippen LogP contribution in [0.4, 0.5) is 13.2 Å². The highest BCUT2D eigenvalue weighted by Gasteiger charge is 2.30. The van der Waals surface area contributed by atoms with Gasteiger partial charge in [-0.1, -0.05) is 31.2 Å². The minimum absolute atomic E-state index is 0.228. The first-order valence-corrected chi connectivity index (χ1v) is 7.79. The average Bonchev–Trinajstić information content (AvgIpc) is 2.54. The molecule has 0 spiro atoms. The molecule has 1 aliphatic carbocycles. The van der Waals surface area contributed by atoms with Crippen LogP contribution in [-0.2, 0) is 12.7 Å². The van der Waals surface area contributed by atoms with E-state index in [0.717, 1.165) is 25.1 Å². The van der Waals surface area contributed by atoms with E-state index < -0.39 is 11.7 Å². The predicted molar refractivity (Wildman–Crippen MR) is 82.9 cm³/mol. The van der Waals surface area contributed by atoms with Crippen LogP contribution >= 0.6 is 0 Å². The van der Waals surface area contributed by atoms with Crippen molar-refractivity contribution in [3.8, 4) is 0 Å². The Balaban J connectivity index is 1.68. The van der Waals surface area contributed by atoms with Crippen molar-refractivity contribution in [1.29, 1.82) is 0 Å². The van der Waals surface area contributed by atoms with E-state index in [9.17, 15) is 13.2 Å². The summed E-state index contributed by atoms with van der Waals surface area (Å²) in [7, 11) is 0. The van der Waals surface area contributed by atoms with Gasteiger partial charge in [0.1, 0.15) is 0 Å². The van der Waals surface area contributed by atoms with Crippen LogP contribution in [0.3, 0.4) is 0 Å². The summed E-state index contributed by atoms with van der Waals surface area (Å²) < 4.78 is 37.6. The highest BCUT2D eigenvalue weighted by atomic mass is 19.4. The van der Waals surface area contributed by atoms with E-state index >= 15 is 0 Å². The summed E-state index contributed by atoms with van der Waals surface area (Å²) in [5, 5.41) is 3.43. The normalized spacial score (nSPS) is 21.0. The van der Waals surface area contributed by atoms with Gasteiger partial charge in [-0.3, -0.25) is 4.98 Å². The molecule has 1 N–H and O–H groups in total. The van der Waals surface area contributed by atoms with Crippen molar-refractivity contribution < 1.29 is 13.2 Å². The van der Waals surface area contributed by atoms with Gasteiger partial charge in [-0.2, -0.15) is 13.2 Å². The third-order valence-electron chi connectivity index (χ3n) is 4.47. The number of hydrogen-bond donors (Lipinski definition) is 1. The van der Waals surface area contributed by atoms with Gasteiger partial charge in [0.25, 0.3) is 0 Å². The molecular formula is C18H19F3N2. The van der Waals surface area contributed by atoms with Crippen LogP contribution in [0.1, 0.15) is 54.1 Å². The van der Waals surface area contributed by atoms with Crippen molar-refractivity contribution >= 4 is 0 Å². The number of halogens is 3. The molecule has 1 aliphatic rings. The lowest BCUT2D eigenvalue weighted by Gasteiger charge is -2.30. The van der Waals surface area contributed by atoms with E-state index in [0.29, 0.717) is 18.2 Å².